The Balaban J connectivity index is 2.21. The maximum absolute atomic E-state index is 10.7. The number of benzene rings is 1. The number of hydrogen-bond donors (Lipinski definition) is 1. The molecule has 1 fully saturated rings. The summed E-state index contributed by atoms with van der Waals surface area (Å²) in [6, 6.07) is 10.3. The molecular formula is C10H11NO. The fourth-order valence-electron chi connectivity index (χ4n) is 1.40. The van der Waals surface area contributed by atoms with Gasteiger partial charge in [-0.2, -0.15) is 0 Å². The topological polar surface area (TPSA) is 39.0 Å². The number of rotatable bonds is 3. The third-order valence-corrected chi connectivity index (χ3v) is 2.20. The normalized spacial score (nSPS) is 23.2. The van der Waals surface area contributed by atoms with E-state index in [9.17, 15) is 4.79 Å². The number of nitrogens with one attached hydrogen (secondary N) is 1. The molecule has 2 atom stereocenters. The van der Waals surface area contributed by atoms with Crippen LogP contribution in [0.4, 0.5) is 0 Å². The largest absolute Gasteiger partial charge is 0.310 e. The Hall–Kier alpha value is -1.15. The van der Waals surface area contributed by atoms with Crippen molar-refractivity contribution in [2.24, 2.45) is 0 Å². The molecule has 1 N–H and O–H groups in total. The highest BCUT2D eigenvalue weighted by Crippen LogP contribution is 2.21. The fraction of sp³-hybridized carbons (Fsp3) is 0.300. The smallest absolute Gasteiger partial charge is 0.129 e. The first-order chi connectivity index (χ1) is 5.92. The SMILES string of the molecule is O=CC(c1ccccc1)C1CN1. The minimum Gasteiger partial charge on any atom is -0.310 e. The van der Waals surface area contributed by atoms with E-state index in [-0.39, 0.29) is 5.92 Å². The van der Waals surface area contributed by atoms with E-state index >= 15 is 0 Å². The third kappa shape index (κ3) is 1.38. The number of hydrogen-bond acceptors (Lipinski definition) is 2. The summed E-state index contributed by atoms with van der Waals surface area (Å²) in [5.41, 5.74) is 1.11. The third-order valence-electron chi connectivity index (χ3n) is 2.20. The number of carbonyl (C=O) groups is 1. The van der Waals surface area contributed by atoms with Crippen LogP contribution in [0.3, 0.4) is 0 Å². The molecule has 2 unspecified atom stereocenters. The summed E-state index contributed by atoms with van der Waals surface area (Å²) in [6.07, 6.45) is 1.03. The first-order valence-corrected chi connectivity index (χ1v) is 4.15. The van der Waals surface area contributed by atoms with E-state index in [0.29, 0.717) is 6.04 Å². The Morgan fingerprint density at radius 2 is 2.08 bits per heavy atom. The van der Waals surface area contributed by atoms with Gasteiger partial charge in [0.15, 0.2) is 0 Å². The molecular weight excluding hydrogens is 150 g/mol. The van der Waals surface area contributed by atoms with Gasteiger partial charge in [0.05, 0.1) is 5.92 Å². The Bertz CT molecular complexity index is 266. The van der Waals surface area contributed by atoms with E-state index < -0.39 is 0 Å². The van der Waals surface area contributed by atoms with Gasteiger partial charge in [-0.05, 0) is 5.56 Å². The summed E-state index contributed by atoms with van der Waals surface area (Å²) >= 11 is 0. The molecule has 1 aliphatic rings. The predicted octanol–water partition coefficient (Wildman–Crippen LogP) is 0.941. The van der Waals surface area contributed by atoms with Gasteiger partial charge in [0.1, 0.15) is 6.29 Å². The van der Waals surface area contributed by atoms with Crippen LogP contribution >= 0.6 is 0 Å². The summed E-state index contributed by atoms with van der Waals surface area (Å²) in [6.45, 7) is 0.971. The molecule has 1 aliphatic heterocycles. The van der Waals surface area contributed by atoms with Crippen molar-refractivity contribution in [1.82, 2.24) is 5.32 Å². The van der Waals surface area contributed by atoms with Crippen molar-refractivity contribution in [3.63, 3.8) is 0 Å². The van der Waals surface area contributed by atoms with Crippen LogP contribution in [0, 0.1) is 0 Å². The molecule has 1 heterocycles. The lowest BCUT2D eigenvalue weighted by Gasteiger charge is -2.06. The van der Waals surface area contributed by atoms with Crippen molar-refractivity contribution < 1.29 is 4.79 Å². The van der Waals surface area contributed by atoms with Gasteiger partial charge >= 0.3 is 0 Å². The standard InChI is InChI=1S/C10H11NO/c12-7-9(10-6-11-10)8-4-2-1-3-5-8/h1-5,7,9-11H,6H2. The van der Waals surface area contributed by atoms with Crippen LogP contribution in [0.5, 0.6) is 0 Å². The van der Waals surface area contributed by atoms with Crippen LogP contribution in [0.25, 0.3) is 0 Å². The minimum atomic E-state index is 0.0474. The van der Waals surface area contributed by atoms with Crippen molar-refractivity contribution >= 4 is 6.29 Å². The average molecular weight is 161 g/mol. The molecule has 0 spiro atoms. The Morgan fingerprint density at radius 1 is 1.42 bits per heavy atom. The van der Waals surface area contributed by atoms with Gasteiger partial charge in [0.25, 0.3) is 0 Å². The van der Waals surface area contributed by atoms with Gasteiger partial charge in [-0.25, -0.2) is 0 Å². The van der Waals surface area contributed by atoms with Gasteiger partial charge in [-0.3, -0.25) is 0 Å². The van der Waals surface area contributed by atoms with Gasteiger partial charge in [-0.15, -0.1) is 0 Å². The highest BCUT2D eigenvalue weighted by Gasteiger charge is 2.30. The molecule has 62 valence electrons. The maximum atomic E-state index is 10.7. The molecule has 12 heavy (non-hydrogen) atoms. The zero-order chi connectivity index (χ0) is 8.39. The molecule has 1 aromatic carbocycles. The Kier molecular flexibility index (Phi) is 1.92. The van der Waals surface area contributed by atoms with Crippen LogP contribution < -0.4 is 5.32 Å². The van der Waals surface area contributed by atoms with E-state index in [1.807, 2.05) is 30.3 Å². The number of aldehydes is 1. The first kappa shape index (κ1) is 7.50. The zero-order valence-electron chi connectivity index (χ0n) is 6.73. The molecule has 2 heteroatoms. The van der Waals surface area contributed by atoms with E-state index in [4.69, 9.17) is 0 Å². The quantitative estimate of drug-likeness (QED) is 0.529. The summed E-state index contributed by atoms with van der Waals surface area (Å²) in [5, 5.41) is 3.15. The summed E-state index contributed by atoms with van der Waals surface area (Å²) in [5.74, 6) is 0.0474. The van der Waals surface area contributed by atoms with Crippen LogP contribution in [-0.4, -0.2) is 18.9 Å². The minimum absolute atomic E-state index is 0.0474. The van der Waals surface area contributed by atoms with Crippen molar-refractivity contribution in [2.75, 3.05) is 6.54 Å². The summed E-state index contributed by atoms with van der Waals surface area (Å²) < 4.78 is 0. The van der Waals surface area contributed by atoms with Crippen LogP contribution in [0.15, 0.2) is 30.3 Å². The Labute approximate surface area is 71.6 Å². The lowest BCUT2D eigenvalue weighted by atomic mass is 9.97. The molecule has 2 rings (SSSR count). The van der Waals surface area contributed by atoms with E-state index in [1.165, 1.54) is 0 Å². The van der Waals surface area contributed by atoms with Crippen molar-refractivity contribution in [3.8, 4) is 0 Å². The molecule has 1 aromatic rings. The van der Waals surface area contributed by atoms with Gasteiger partial charge in [-0.1, -0.05) is 30.3 Å². The van der Waals surface area contributed by atoms with Gasteiger partial charge in [0, 0.05) is 12.6 Å². The summed E-state index contributed by atoms with van der Waals surface area (Å²) in [7, 11) is 0. The second-order valence-corrected chi connectivity index (χ2v) is 3.09. The second-order valence-electron chi connectivity index (χ2n) is 3.09. The molecule has 0 aliphatic carbocycles. The van der Waals surface area contributed by atoms with Crippen molar-refractivity contribution in [3.05, 3.63) is 35.9 Å². The average Bonchev–Trinajstić information content (AvgIpc) is 2.92. The highest BCUT2D eigenvalue weighted by molar-refractivity contribution is 5.64. The molecule has 0 radical (unpaired) electrons. The second kappa shape index (κ2) is 3.07. The van der Waals surface area contributed by atoms with Crippen molar-refractivity contribution in [2.45, 2.75) is 12.0 Å². The maximum Gasteiger partial charge on any atom is 0.129 e. The van der Waals surface area contributed by atoms with E-state index in [2.05, 4.69) is 5.32 Å². The molecule has 0 aromatic heterocycles. The fourth-order valence-corrected chi connectivity index (χ4v) is 1.40. The molecule has 0 bridgehead atoms. The lowest BCUT2D eigenvalue weighted by molar-refractivity contribution is -0.109. The summed E-state index contributed by atoms with van der Waals surface area (Å²) in [4.78, 5) is 10.7. The molecule has 1 saturated heterocycles. The molecule has 2 nitrogen and oxygen atoms in total. The number of carbonyl (C=O) groups excluding carboxylic acids is 1. The van der Waals surface area contributed by atoms with Crippen LogP contribution in [0.2, 0.25) is 0 Å². The Morgan fingerprint density at radius 3 is 2.58 bits per heavy atom. The highest BCUT2D eigenvalue weighted by atomic mass is 16.1. The predicted molar refractivity (Wildman–Crippen MR) is 47.0 cm³/mol. The van der Waals surface area contributed by atoms with Crippen LogP contribution in [-0.2, 0) is 4.79 Å². The molecule has 0 amide bonds. The van der Waals surface area contributed by atoms with E-state index in [0.717, 1.165) is 18.4 Å². The first-order valence-electron chi connectivity index (χ1n) is 4.15. The van der Waals surface area contributed by atoms with Gasteiger partial charge < -0.3 is 10.1 Å². The van der Waals surface area contributed by atoms with Crippen LogP contribution in [0.1, 0.15) is 11.5 Å². The van der Waals surface area contributed by atoms with Crippen molar-refractivity contribution in [1.29, 1.82) is 0 Å². The molecule has 0 saturated carbocycles. The van der Waals surface area contributed by atoms with E-state index in [1.54, 1.807) is 0 Å². The zero-order valence-corrected chi connectivity index (χ0v) is 6.73. The monoisotopic (exact) mass is 161 g/mol. The lowest BCUT2D eigenvalue weighted by Crippen LogP contribution is -2.09. The van der Waals surface area contributed by atoms with Gasteiger partial charge in [0.2, 0.25) is 0 Å².